The van der Waals surface area contributed by atoms with Crippen molar-refractivity contribution in [3.63, 3.8) is 0 Å². The van der Waals surface area contributed by atoms with Gasteiger partial charge in [0.05, 0.1) is 6.42 Å². The number of rotatable bonds is 9. The van der Waals surface area contributed by atoms with E-state index in [1.807, 2.05) is 0 Å². The van der Waals surface area contributed by atoms with Crippen molar-refractivity contribution in [1.82, 2.24) is 4.90 Å². The highest BCUT2D eigenvalue weighted by Gasteiger charge is 2.18. The standard InChI is InChI=1S/C20H30N2O4/c1-14(2)11-22(12-15(3)4)19(24)13-26-20(25)10-17-6-8-18(9-7-17)21-16(5)23/h6-9,14-15H,10-13H2,1-5H3,(H,21,23). The third-order valence-electron chi connectivity index (χ3n) is 3.50. The number of carbonyl (C=O) groups excluding carboxylic acids is 3. The number of esters is 1. The van der Waals surface area contributed by atoms with Crippen LogP contribution < -0.4 is 5.32 Å². The van der Waals surface area contributed by atoms with Gasteiger partial charge in [-0.3, -0.25) is 14.4 Å². The van der Waals surface area contributed by atoms with Crippen molar-refractivity contribution >= 4 is 23.5 Å². The second-order valence-electron chi connectivity index (χ2n) is 7.30. The molecule has 0 aromatic heterocycles. The summed E-state index contributed by atoms with van der Waals surface area (Å²) in [6.45, 7) is 10.7. The lowest BCUT2D eigenvalue weighted by atomic mass is 10.1. The highest BCUT2D eigenvalue weighted by molar-refractivity contribution is 5.88. The number of hydrogen-bond acceptors (Lipinski definition) is 4. The molecule has 1 N–H and O–H groups in total. The summed E-state index contributed by atoms with van der Waals surface area (Å²) in [6, 6.07) is 6.95. The van der Waals surface area contributed by atoms with Gasteiger partial charge >= 0.3 is 5.97 Å². The number of nitrogens with zero attached hydrogens (tertiary/aromatic N) is 1. The van der Waals surface area contributed by atoms with Crippen molar-refractivity contribution in [3.8, 4) is 0 Å². The Hall–Kier alpha value is -2.37. The minimum Gasteiger partial charge on any atom is -0.455 e. The van der Waals surface area contributed by atoms with Crippen molar-refractivity contribution < 1.29 is 19.1 Å². The zero-order chi connectivity index (χ0) is 19.7. The van der Waals surface area contributed by atoms with E-state index < -0.39 is 5.97 Å². The number of carbonyl (C=O) groups is 3. The maximum atomic E-state index is 12.3. The molecule has 0 bridgehead atoms. The van der Waals surface area contributed by atoms with E-state index in [1.165, 1.54) is 6.92 Å². The fourth-order valence-corrected chi connectivity index (χ4v) is 2.52. The Morgan fingerprint density at radius 1 is 1.00 bits per heavy atom. The van der Waals surface area contributed by atoms with Gasteiger partial charge in [0.2, 0.25) is 5.91 Å². The predicted octanol–water partition coefficient (Wildman–Crippen LogP) is 2.87. The first-order valence-corrected chi connectivity index (χ1v) is 8.97. The zero-order valence-corrected chi connectivity index (χ0v) is 16.4. The summed E-state index contributed by atoms with van der Waals surface area (Å²) in [4.78, 5) is 37.1. The third kappa shape index (κ3) is 8.65. The minimum atomic E-state index is -0.445. The van der Waals surface area contributed by atoms with Gasteiger partial charge in [0.15, 0.2) is 6.61 Å². The molecule has 0 saturated heterocycles. The molecule has 144 valence electrons. The Morgan fingerprint density at radius 3 is 2.00 bits per heavy atom. The van der Waals surface area contributed by atoms with Crippen LogP contribution in [0.1, 0.15) is 40.2 Å². The molecule has 2 amide bonds. The van der Waals surface area contributed by atoms with Crippen molar-refractivity contribution in [2.75, 3.05) is 25.0 Å². The lowest BCUT2D eigenvalue weighted by Crippen LogP contribution is -2.39. The highest BCUT2D eigenvalue weighted by atomic mass is 16.5. The summed E-state index contributed by atoms with van der Waals surface area (Å²) in [5.41, 5.74) is 1.43. The number of benzene rings is 1. The molecule has 0 fully saturated rings. The van der Waals surface area contributed by atoms with E-state index in [-0.39, 0.29) is 24.8 Å². The van der Waals surface area contributed by atoms with Crippen molar-refractivity contribution in [3.05, 3.63) is 29.8 Å². The van der Waals surface area contributed by atoms with E-state index >= 15 is 0 Å². The Kier molecular flexibility index (Phi) is 8.82. The number of ether oxygens (including phenoxy) is 1. The number of hydrogen-bond donors (Lipinski definition) is 1. The van der Waals surface area contributed by atoms with Gasteiger partial charge in [-0.1, -0.05) is 39.8 Å². The van der Waals surface area contributed by atoms with E-state index in [0.29, 0.717) is 30.6 Å². The predicted molar refractivity (Wildman–Crippen MR) is 102 cm³/mol. The summed E-state index contributed by atoms with van der Waals surface area (Å²) in [6.07, 6.45) is 0.0853. The molecular formula is C20H30N2O4. The summed E-state index contributed by atoms with van der Waals surface area (Å²) >= 11 is 0. The quantitative estimate of drug-likeness (QED) is 0.686. The highest BCUT2D eigenvalue weighted by Crippen LogP contribution is 2.11. The summed E-state index contributed by atoms with van der Waals surface area (Å²) in [5.74, 6) is -0.0458. The maximum absolute atomic E-state index is 12.3. The van der Waals surface area contributed by atoms with E-state index in [4.69, 9.17) is 4.74 Å². The van der Waals surface area contributed by atoms with Crippen LogP contribution in [0.15, 0.2) is 24.3 Å². The third-order valence-corrected chi connectivity index (χ3v) is 3.50. The largest absolute Gasteiger partial charge is 0.455 e. The molecular weight excluding hydrogens is 332 g/mol. The number of amides is 2. The zero-order valence-electron chi connectivity index (χ0n) is 16.4. The molecule has 1 rings (SSSR count). The summed E-state index contributed by atoms with van der Waals surface area (Å²) < 4.78 is 5.15. The molecule has 0 aliphatic carbocycles. The normalized spacial score (nSPS) is 10.7. The van der Waals surface area contributed by atoms with Crippen LogP contribution >= 0.6 is 0 Å². The molecule has 0 atom stereocenters. The molecule has 0 aliphatic heterocycles. The SMILES string of the molecule is CC(=O)Nc1ccc(CC(=O)OCC(=O)N(CC(C)C)CC(C)C)cc1. The van der Waals surface area contributed by atoms with Crippen LogP contribution in [0.4, 0.5) is 5.69 Å². The lowest BCUT2D eigenvalue weighted by Gasteiger charge is -2.26. The van der Waals surface area contributed by atoms with Crippen LogP contribution in [0.5, 0.6) is 0 Å². The van der Waals surface area contributed by atoms with Gasteiger partial charge in [0.25, 0.3) is 5.91 Å². The molecule has 0 saturated carbocycles. The number of nitrogens with one attached hydrogen (secondary N) is 1. The van der Waals surface area contributed by atoms with Crippen molar-refractivity contribution in [1.29, 1.82) is 0 Å². The first-order valence-electron chi connectivity index (χ1n) is 8.97. The molecule has 0 heterocycles. The summed E-state index contributed by atoms with van der Waals surface area (Å²) in [7, 11) is 0. The minimum absolute atomic E-state index is 0.0853. The first-order chi connectivity index (χ1) is 12.2. The second kappa shape index (κ2) is 10.6. The maximum Gasteiger partial charge on any atom is 0.310 e. The van der Waals surface area contributed by atoms with E-state index in [2.05, 4.69) is 33.0 Å². The molecule has 0 radical (unpaired) electrons. The number of anilines is 1. The monoisotopic (exact) mass is 362 g/mol. The average Bonchev–Trinajstić information content (AvgIpc) is 2.52. The van der Waals surface area contributed by atoms with Gasteiger partial charge in [0.1, 0.15) is 0 Å². The van der Waals surface area contributed by atoms with Gasteiger partial charge in [-0.25, -0.2) is 0 Å². The second-order valence-corrected chi connectivity index (χ2v) is 7.30. The molecule has 0 aliphatic rings. The van der Waals surface area contributed by atoms with Crippen LogP contribution in [-0.2, 0) is 25.5 Å². The Balaban J connectivity index is 2.51. The van der Waals surface area contributed by atoms with Crippen molar-refractivity contribution in [2.45, 2.75) is 41.0 Å². The molecule has 6 heteroatoms. The Labute approximate surface area is 155 Å². The first kappa shape index (κ1) is 21.7. The summed E-state index contributed by atoms with van der Waals surface area (Å²) in [5, 5.41) is 2.66. The lowest BCUT2D eigenvalue weighted by molar-refractivity contribution is -0.151. The molecule has 0 spiro atoms. The van der Waals surface area contributed by atoms with Gasteiger partial charge in [-0.15, -0.1) is 0 Å². The van der Waals surface area contributed by atoms with Gasteiger partial charge in [-0.2, -0.15) is 0 Å². The van der Waals surface area contributed by atoms with Crippen LogP contribution in [0.3, 0.4) is 0 Å². The van der Waals surface area contributed by atoms with Crippen LogP contribution in [0.25, 0.3) is 0 Å². The smallest absolute Gasteiger partial charge is 0.310 e. The Morgan fingerprint density at radius 2 is 1.54 bits per heavy atom. The van der Waals surface area contributed by atoms with Crippen LogP contribution in [0.2, 0.25) is 0 Å². The van der Waals surface area contributed by atoms with E-state index in [1.54, 1.807) is 29.2 Å². The van der Waals surface area contributed by atoms with E-state index in [0.717, 1.165) is 5.56 Å². The molecule has 1 aromatic carbocycles. The Bertz CT molecular complexity index is 599. The molecule has 0 unspecified atom stereocenters. The topological polar surface area (TPSA) is 75.7 Å². The van der Waals surface area contributed by atoms with Gasteiger partial charge < -0.3 is 15.0 Å². The van der Waals surface area contributed by atoms with E-state index in [9.17, 15) is 14.4 Å². The molecule has 26 heavy (non-hydrogen) atoms. The fraction of sp³-hybridized carbons (Fsp3) is 0.550. The fourth-order valence-electron chi connectivity index (χ4n) is 2.52. The van der Waals surface area contributed by atoms with Gasteiger partial charge in [-0.05, 0) is 29.5 Å². The van der Waals surface area contributed by atoms with Crippen LogP contribution in [0, 0.1) is 11.8 Å². The van der Waals surface area contributed by atoms with Gasteiger partial charge in [0, 0.05) is 25.7 Å². The van der Waals surface area contributed by atoms with Crippen LogP contribution in [-0.4, -0.2) is 42.4 Å². The molecule has 1 aromatic rings. The molecule has 6 nitrogen and oxygen atoms in total. The average molecular weight is 362 g/mol. The van der Waals surface area contributed by atoms with Crippen molar-refractivity contribution in [2.24, 2.45) is 11.8 Å².